The van der Waals surface area contributed by atoms with Crippen LogP contribution in [0.5, 0.6) is 0 Å². The van der Waals surface area contributed by atoms with Crippen molar-refractivity contribution in [3.05, 3.63) is 83.1 Å². The van der Waals surface area contributed by atoms with E-state index in [1.807, 2.05) is 36.4 Å². The summed E-state index contributed by atoms with van der Waals surface area (Å²) >= 11 is 0. The number of ether oxygens (including phenoxy) is 1. The molecule has 2 atom stereocenters. The minimum atomic E-state index is -1.09. The number of rotatable bonds is 9. The molecule has 1 saturated carbocycles. The van der Waals surface area contributed by atoms with Gasteiger partial charge in [0.2, 0.25) is 5.69 Å². The normalized spacial score (nSPS) is 24.1. The number of Topliss-reactive ketones (excluding diaryl/α,β-unsaturated/α-hetero) is 1. The highest BCUT2D eigenvalue weighted by atomic mass is 16.5. The molecule has 2 heterocycles. The lowest BCUT2D eigenvalue weighted by Crippen LogP contribution is -2.53. The van der Waals surface area contributed by atoms with Crippen molar-refractivity contribution in [2.75, 3.05) is 24.6 Å². The summed E-state index contributed by atoms with van der Waals surface area (Å²) in [5, 5.41) is 13.7. The summed E-state index contributed by atoms with van der Waals surface area (Å²) < 4.78 is 7.35. The summed E-state index contributed by atoms with van der Waals surface area (Å²) in [5.74, 6) is -0.987. The number of likely N-dealkylation sites (N-methyl/N-ethyl adjacent to an activating group) is 1. The molecule has 2 unspecified atom stereocenters. The maximum Gasteiger partial charge on any atom is 0.302 e. The van der Waals surface area contributed by atoms with Crippen LogP contribution in [0.4, 0.5) is 11.4 Å². The Morgan fingerprint density at radius 1 is 1.00 bits per heavy atom. The molecular formula is C35H42N2O4. The number of fused-ring (bicyclic) bond motifs is 2. The van der Waals surface area contributed by atoms with Crippen LogP contribution in [-0.2, 0) is 25.2 Å². The van der Waals surface area contributed by atoms with Crippen LogP contribution >= 0.6 is 0 Å². The third-order valence-corrected chi connectivity index (χ3v) is 9.10. The first-order chi connectivity index (χ1) is 19.5. The van der Waals surface area contributed by atoms with Crippen LogP contribution in [0.25, 0.3) is 0 Å². The van der Waals surface area contributed by atoms with Gasteiger partial charge in [0.1, 0.15) is 6.54 Å². The summed E-state index contributed by atoms with van der Waals surface area (Å²) in [5.41, 5.74) is 6.50. The van der Waals surface area contributed by atoms with E-state index in [9.17, 15) is 14.7 Å². The summed E-state index contributed by atoms with van der Waals surface area (Å²) in [6, 6.07) is 16.7. The standard InChI is InChI=1S/C35H42N2O4/c1-7-36-28-17-11-9-15-26(28)34(3,4)30(36)21-24-32(39)25(33(24)40)22-31-35(5,6)27-16-10-12-18-29(27)37(31)19-13-8-14-20-41-23(2)38/h9-12,15-18,21-22,24,32H,7-8,13-14,19-20H2,1-6H3. The number of hydrogen-bond donors (Lipinski definition) is 0. The van der Waals surface area contributed by atoms with Gasteiger partial charge in [0, 0.05) is 60.3 Å². The van der Waals surface area contributed by atoms with Crippen molar-refractivity contribution in [3.63, 3.8) is 0 Å². The fourth-order valence-electron chi connectivity index (χ4n) is 6.79. The van der Waals surface area contributed by atoms with Gasteiger partial charge < -0.3 is 14.7 Å². The van der Waals surface area contributed by atoms with E-state index in [4.69, 9.17) is 4.74 Å². The molecule has 2 aromatic carbocycles. The zero-order valence-electron chi connectivity index (χ0n) is 25.2. The van der Waals surface area contributed by atoms with Crippen molar-refractivity contribution < 1.29 is 24.0 Å². The Labute approximate surface area is 244 Å². The van der Waals surface area contributed by atoms with Gasteiger partial charge in [-0.2, -0.15) is 4.58 Å². The molecule has 1 fully saturated rings. The number of carbonyl (C=O) groups is 2. The molecule has 0 saturated heterocycles. The second-order valence-electron chi connectivity index (χ2n) is 12.4. The number of nitrogens with zero attached hydrogens (tertiary/aromatic N) is 2. The Balaban J connectivity index is 1.42. The Morgan fingerprint density at radius 3 is 2.37 bits per heavy atom. The van der Waals surface area contributed by atoms with Crippen molar-refractivity contribution in [1.82, 2.24) is 0 Å². The minimum absolute atomic E-state index is 0.0686. The highest BCUT2D eigenvalue weighted by Crippen LogP contribution is 2.49. The zero-order valence-corrected chi connectivity index (χ0v) is 25.2. The summed E-state index contributed by atoms with van der Waals surface area (Å²) in [6.45, 7) is 14.2. The van der Waals surface area contributed by atoms with Crippen molar-refractivity contribution in [1.29, 1.82) is 0 Å². The van der Waals surface area contributed by atoms with E-state index in [2.05, 4.69) is 68.4 Å². The van der Waals surface area contributed by atoms with Gasteiger partial charge in [0.15, 0.2) is 11.5 Å². The smallest absolute Gasteiger partial charge is 0.302 e. The Kier molecular flexibility index (Phi) is 7.82. The first-order valence-electron chi connectivity index (χ1n) is 14.9. The fraction of sp³-hybridized carbons (Fsp3) is 0.457. The third-order valence-electron chi connectivity index (χ3n) is 9.10. The lowest BCUT2D eigenvalue weighted by molar-refractivity contribution is -0.438. The van der Waals surface area contributed by atoms with Gasteiger partial charge in [-0.25, -0.2) is 0 Å². The van der Waals surface area contributed by atoms with E-state index in [0.29, 0.717) is 12.2 Å². The molecule has 216 valence electrons. The highest BCUT2D eigenvalue weighted by Gasteiger charge is 2.47. The first-order valence-corrected chi connectivity index (χ1v) is 14.9. The number of unbranched alkanes of at least 4 members (excludes halogenated alkanes) is 2. The molecule has 5 rings (SSSR count). The maximum absolute atomic E-state index is 13.7. The number of para-hydroxylation sites is 2. The second-order valence-corrected chi connectivity index (χ2v) is 12.4. The highest BCUT2D eigenvalue weighted by molar-refractivity contribution is 6.14. The quantitative estimate of drug-likeness (QED) is 0.181. The number of benzene rings is 2. The molecule has 0 spiro atoms. The van der Waals surface area contributed by atoms with E-state index < -0.39 is 12.0 Å². The van der Waals surface area contributed by atoms with Crippen LogP contribution < -0.4 is 10.0 Å². The second kappa shape index (κ2) is 11.1. The summed E-state index contributed by atoms with van der Waals surface area (Å²) in [7, 11) is 0. The molecule has 41 heavy (non-hydrogen) atoms. The molecule has 0 N–H and O–H groups in total. The van der Waals surface area contributed by atoms with Crippen molar-refractivity contribution in [2.45, 2.75) is 77.7 Å². The zero-order chi connectivity index (χ0) is 29.5. The predicted octanol–water partition coefficient (Wildman–Crippen LogP) is 5.35. The predicted molar refractivity (Wildman–Crippen MR) is 161 cm³/mol. The molecule has 0 amide bonds. The van der Waals surface area contributed by atoms with Crippen LogP contribution in [0.2, 0.25) is 0 Å². The topological polar surface area (TPSA) is 72.7 Å². The lowest BCUT2D eigenvalue weighted by Gasteiger charge is -2.43. The largest absolute Gasteiger partial charge is 0.848 e. The van der Waals surface area contributed by atoms with Gasteiger partial charge >= 0.3 is 5.97 Å². The van der Waals surface area contributed by atoms with Crippen molar-refractivity contribution >= 4 is 28.8 Å². The van der Waals surface area contributed by atoms with E-state index >= 15 is 0 Å². The first kappa shape index (κ1) is 29.0. The average molecular weight is 555 g/mol. The van der Waals surface area contributed by atoms with Gasteiger partial charge in [-0.15, -0.1) is 0 Å². The van der Waals surface area contributed by atoms with Crippen LogP contribution in [0.3, 0.4) is 0 Å². The molecular weight excluding hydrogens is 512 g/mol. The van der Waals surface area contributed by atoms with Gasteiger partial charge in [0.25, 0.3) is 0 Å². The third kappa shape index (κ3) is 4.97. The number of anilines is 1. The summed E-state index contributed by atoms with van der Waals surface area (Å²) in [4.78, 5) is 26.9. The minimum Gasteiger partial charge on any atom is -0.848 e. The Hall–Kier alpha value is -3.51. The molecule has 0 radical (unpaired) electrons. The molecule has 0 aromatic heterocycles. The van der Waals surface area contributed by atoms with E-state index in [1.54, 1.807) is 0 Å². The number of carbonyl (C=O) groups excluding carboxylic acids is 2. The van der Waals surface area contributed by atoms with E-state index in [0.717, 1.165) is 55.1 Å². The van der Waals surface area contributed by atoms with Gasteiger partial charge in [0.05, 0.1) is 12.0 Å². The van der Waals surface area contributed by atoms with Gasteiger partial charge in [-0.3, -0.25) is 9.59 Å². The van der Waals surface area contributed by atoms with E-state index in [1.165, 1.54) is 18.1 Å². The number of ketones is 1. The van der Waals surface area contributed by atoms with Crippen LogP contribution in [0, 0.1) is 5.92 Å². The van der Waals surface area contributed by atoms with E-state index in [-0.39, 0.29) is 22.6 Å². The van der Waals surface area contributed by atoms with Crippen LogP contribution in [0.15, 0.2) is 72.0 Å². The molecule has 6 heteroatoms. The number of hydrogen-bond acceptors (Lipinski definition) is 5. The van der Waals surface area contributed by atoms with Crippen molar-refractivity contribution in [3.8, 4) is 0 Å². The average Bonchev–Trinajstić information content (AvgIpc) is 3.30. The SMILES string of the molecule is CCN1C(=CC2C(=O)C(=CC3=[N+](CCCCCOC(C)=O)c4ccccc4C3(C)C)C2[O-])C(C)(C)c2ccccc21. The van der Waals surface area contributed by atoms with Crippen molar-refractivity contribution in [2.24, 2.45) is 5.92 Å². The monoisotopic (exact) mass is 554 g/mol. The molecule has 3 aliphatic rings. The molecule has 0 bridgehead atoms. The number of esters is 1. The van der Waals surface area contributed by atoms with Gasteiger partial charge in [-0.1, -0.05) is 62.4 Å². The number of allylic oxidation sites excluding steroid dienone is 2. The molecule has 6 nitrogen and oxygen atoms in total. The lowest BCUT2D eigenvalue weighted by atomic mass is 9.71. The maximum atomic E-state index is 13.7. The Bertz CT molecular complexity index is 1460. The molecule has 2 aliphatic heterocycles. The van der Waals surface area contributed by atoms with Gasteiger partial charge in [-0.05, 0) is 50.8 Å². The Morgan fingerprint density at radius 2 is 1.68 bits per heavy atom. The fourth-order valence-corrected chi connectivity index (χ4v) is 6.79. The van der Waals surface area contributed by atoms with Crippen LogP contribution in [-0.4, -0.2) is 47.8 Å². The van der Waals surface area contributed by atoms with Crippen LogP contribution in [0.1, 0.15) is 71.9 Å². The molecule has 1 aliphatic carbocycles. The summed E-state index contributed by atoms with van der Waals surface area (Å²) in [6.07, 6.45) is 5.37. The molecule has 2 aromatic rings.